The van der Waals surface area contributed by atoms with Gasteiger partial charge in [-0.1, -0.05) is 24.3 Å². The van der Waals surface area contributed by atoms with Gasteiger partial charge in [0, 0.05) is 6.42 Å². The van der Waals surface area contributed by atoms with Crippen molar-refractivity contribution in [3.05, 3.63) is 41.7 Å². The van der Waals surface area contributed by atoms with Crippen molar-refractivity contribution in [1.82, 2.24) is 25.5 Å². The monoisotopic (exact) mass is 259 g/mol. The standard InChI is InChI=1S/C12H13N5O2/c18-10-5-8-3-1-2-4-9(8)12(10)14-11(19)6-17-7-13-15-16-17/h1-4,7,10,12,18H,5-6H2,(H,14,19). The average molecular weight is 259 g/mol. The molecule has 2 atom stereocenters. The number of tetrazole rings is 1. The van der Waals surface area contributed by atoms with Crippen molar-refractivity contribution < 1.29 is 9.90 Å². The lowest BCUT2D eigenvalue weighted by Crippen LogP contribution is -2.36. The summed E-state index contributed by atoms with van der Waals surface area (Å²) in [5, 5.41) is 23.4. The molecule has 0 saturated carbocycles. The van der Waals surface area contributed by atoms with Crippen molar-refractivity contribution in [3.8, 4) is 0 Å². The van der Waals surface area contributed by atoms with Gasteiger partial charge in [0.2, 0.25) is 5.91 Å². The first kappa shape index (κ1) is 11.8. The van der Waals surface area contributed by atoms with Crippen molar-refractivity contribution in [3.63, 3.8) is 0 Å². The zero-order valence-electron chi connectivity index (χ0n) is 10.1. The topological polar surface area (TPSA) is 92.9 Å². The Hall–Kier alpha value is -2.28. The largest absolute Gasteiger partial charge is 0.390 e. The first-order chi connectivity index (χ1) is 9.24. The summed E-state index contributed by atoms with van der Waals surface area (Å²) in [6, 6.07) is 7.36. The van der Waals surface area contributed by atoms with Crippen LogP contribution in [-0.4, -0.2) is 37.3 Å². The molecule has 0 fully saturated rings. The van der Waals surface area contributed by atoms with Gasteiger partial charge in [0.1, 0.15) is 12.9 Å². The summed E-state index contributed by atoms with van der Waals surface area (Å²) >= 11 is 0. The third-order valence-corrected chi connectivity index (χ3v) is 3.22. The number of aromatic nitrogens is 4. The fourth-order valence-corrected chi connectivity index (χ4v) is 2.37. The van der Waals surface area contributed by atoms with Crippen LogP contribution < -0.4 is 5.32 Å². The van der Waals surface area contributed by atoms with E-state index in [9.17, 15) is 9.90 Å². The molecule has 1 aromatic carbocycles. The number of hydrogen-bond acceptors (Lipinski definition) is 5. The van der Waals surface area contributed by atoms with Crippen molar-refractivity contribution >= 4 is 5.91 Å². The molecule has 0 saturated heterocycles. The van der Waals surface area contributed by atoms with Crippen LogP contribution in [0.25, 0.3) is 0 Å². The lowest BCUT2D eigenvalue weighted by molar-refractivity contribution is -0.123. The number of carbonyl (C=O) groups is 1. The normalized spacial score (nSPS) is 21.1. The first-order valence-electron chi connectivity index (χ1n) is 6.00. The fraction of sp³-hybridized carbons (Fsp3) is 0.333. The van der Waals surface area contributed by atoms with Gasteiger partial charge in [0.15, 0.2) is 0 Å². The summed E-state index contributed by atoms with van der Waals surface area (Å²) < 4.78 is 1.34. The van der Waals surface area contributed by atoms with E-state index in [1.54, 1.807) is 0 Å². The van der Waals surface area contributed by atoms with Crippen LogP contribution in [0.1, 0.15) is 17.2 Å². The Morgan fingerprint density at radius 3 is 3.11 bits per heavy atom. The average Bonchev–Trinajstić information content (AvgIpc) is 2.99. The number of fused-ring (bicyclic) bond motifs is 1. The molecule has 98 valence electrons. The van der Waals surface area contributed by atoms with Gasteiger partial charge >= 0.3 is 0 Å². The minimum Gasteiger partial charge on any atom is -0.390 e. The summed E-state index contributed by atoms with van der Waals surface area (Å²) in [4.78, 5) is 11.9. The number of benzene rings is 1. The van der Waals surface area contributed by atoms with E-state index < -0.39 is 6.10 Å². The van der Waals surface area contributed by atoms with Gasteiger partial charge in [0.05, 0.1) is 12.1 Å². The molecular weight excluding hydrogens is 246 g/mol. The smallest absolute Gasteiger partial charge is 0.242 e. The highest BCUT2D eigenvalue weighted by Crippen LogP contribution is 2.31. The fourth-order valence-electron chi connectivity index (χ4n) is 2.37. The highest BCUT2D eigenvalue weighted by atomic mass is 16.3. The predicted octanol–water partition coefficient (Wildman–Crippen LogP) is -0.552. The highest BCUT2D eigenvalue weighted by Gasteiger charge is 2.31. The maximum absolute atomic E-state index is 11.9. The second-order valence-corrected chi connectivity index (χ2v) is 4.52. The molecule has 2 N–H and O–H groups in total. The van der Waals surface area contributed by atoms with E-state index in [4.69, 9.17) is 0 Å². The number of amides is 1. The van der Waals surface area contributed by atoms with E-state index in [-0.39, 0.29) is 18.5 Å². The number of nitrogens with zero attached hydrogens (tertiary/aromatic N) is 4. The van der Waals surface area contributed by atoms with Crippen LogP contribution in [0, 0.1) is 0 Å². The zero-order valence-corrected chi connectivity index (χ0v) is 10.1. The lowest BCUT2D eigenvalue weighted by Gasteiger charge is -2.17. The summed E-state index contributed by atoms with van der Waals surface area (Å²) in [6.45, 7) is 0.0401. The van der Waals surface area contributed by atoms with Crippen LogP contribution in [-0.2, 0) is 17.8 Å². The van der Waals surface area contributed by atoms with Gasteiger partial charge in [0.25, 0.3) is 0 Å². The summed E-state index contributed by atoms with van der Waals surface area (Å²) in [5.74, 6) is -0.229. The van der Waals surface area contributed by atoms with Gasteiger partial charge in [-0.15, -0.1) is 5.10 Å². The molecule has 0 spiro atoms. The summed E-state index contributed by atoms with van der Waals surface area (Å²) in [7, 11) is 0. The molecule has 0 bridgehead atoms. The second-order valence-electron chi connectivity index (χ2n) is 4.52. The van der Waals surface area contributed by atoms with Crippen LogP contribution in [0.5, 0.6) is 0 Å². The molecule has 0 radical (unpaired) electrons. The van der Waals surface area contributed by atoms with Gasteiger partial charge in [-0.05, 0) is 21.6 Å². The number of aliphatic hydroxyl groups is 1. The van der Waals surface area contributed by atoms with E-state index in [2.05, 4.69) is 20.8 Å². The van der Waals surface area contributed by atoms with E-state index in [0.717, 1.165) is 11.1 Å². The van der Waals surface area contributed by atoms with Crippen molar-refractivity contribution in [2.45, 2.75) is 25.1 Å². The maximum Gasteiger partial charge on any atom is 0.242 e. The minimum atomic E-state index is -0.588. The summed E-state index contributed by atoms with van der Waals surface area (Å²) in [5.41, 5.74) is 2.04. The molecule has 1 aromatic heterocycles. The Labute approximate surface area is 109 Å². The first-order valence-corrected chi connectivity index (χ1v) is 6.00. The number of aliphatic hydroxyl groups excluding tert-OH is 1. The van der Waals surface area contributed by atoms with Crippen molar-refractivity contribution in [2.75, 3.05) is 0 Å². The third-order valence-electron chi connectivity index (χ3n) is 3.22. The van der Waals surface area contributed by atoms with E-state index in [1.807, 2.05) is 24.3 Å². The van der Waals surface area contributed by atoms with E-state index >= 15 is 0 Å². The molecule has 2 aromatic rings. The molecule has 7 nitrogen and oxygen atoms in total. The number of nitrogens with one attached hydrogen (secondary N) is 1. The molecule has 7 heteroatoms. The van der Waals surface area contributed by atoms with E-state index in [0.29, 0.717) is 6.42 Å². The van der Waals surface area contributed by atoms with Gasteiger partial charge in [-0.3, -0.25) is 4.79 Å². The van der Waals surface area contributed by atoms with Crippen LogP contribution >= 0.6 is 0 Å². The SMILES string of the molecule is O=C(Cn1cnnn1)NC1c2ccccc2CC1O. The molecule has 3 rings (SSSR count). The Morgan fingerprint density at radius 2 is 2.32 bits per heavy atom. The molecule has 1 aliphatic carbocycles. The number of rotatable bonds is 3. The molecule has 2 unspecified atom stereocenters. The van der Waals surface area contributed by atoms with Gasteiger partial charge in [-0.25, -0.2) is 4.68 Å². The quantitative estimate of drug-likeness (QED) is 0.771. The van der Waals surface area contributed by atoms with Crippen LogP contribution in [0.4, 0.5) is 0 Å². The van der Waals surface area contributed by atoms with E-state index in [1.165, 1.54) is 11.0 Å². The van der Waals surface area contributed by atoms with Gasteiger partial charge in [-0.2, -0.15) is 0 Å². The van der Waals surface area contributed by atoms with Gasteiger partial charge < -0.3 is 10.4 Å². The number of carbonyl (C=O) groups excluding carboxylic acids is 1. The maximum atomic E-state index is 11.9. The Morgan fingerprint density at radius 1 is 1.47 bits per heavy atom. The Balaban J connectivity index is 1.71. The number of hydrogen-bond donors (Lipinski definition) is 2. The van der Waals surface area contributed by atoms with Crippen LogP contribution in [0.15, 0.2) is 30.6 Å². The summed E-state index contributed by atoms with van der Waals surface area (Å²) in [6.07, 6.45) is 1.35. The minimum absolute atomic E-state index is 0.0401. The van der Waals surface area contributed by atoms with Crippen molar-refractivity contribution in [2.24, 2.45) is 0 Å². The molecule has 1 heterocycles. The van der Waals surface area contributed by atoms with Crippen molar-refractivity contribution in [1.29, 1.82) is 0 Å². The Bertz CT molecular complexity index is 584. The van der Waals surface area contributed by atoms with Crippen LogP contribution in [0.2, 0.25) is 0 Å². The molecular formula is C12H13N5O2. The molecule has 0 aliphatic heterocycles. The molecule has 1 amide bonds. The Kier molecular flexibility index (Phi) is 2.96. The molecule has 1 aliphatic rings. The van der Waals surface area contributed by atoms with Crippen LogP contribution in [0.3, 0.4) is 0 Å². The lowest BCUT2D eigenvalue weighted by atomic mass is 10.1. The third kappa shape index (κ3) is 2.32. The predicted molar refractivity (Wildman–Crippen MR) is 64.9 cm³/mol. The molecule has 19 heavy (non-hydrogen) atoms. The second kappa shape index (κ2) is 4.77. The highest BCUT2D eigenvalue weighted by molar-refractivity contribution is 5.76. The zero-order chi connectivity index (χ0) is 13.2.